The highest BCUT2D eigenvalue weighted by atomic mass is 16.1. The molecule has 2 N–H and O–H groups in total. The maximum Gasteiger partial charge on any atom is 0.261 e. The number of aromatic amines is 1. The Balaban J connectivity index is 1.79. The number of nitrogens with zero attached hydrogens (tertiary/aromatic N) is 3. The van der Waals surface area contributed by atoms with Gasteiger partial charge in [0, 0.05) is 18.7 Å². The van der Waals surface area contributed by atoms with Gasteiger partial charge in [0.25, 0.3) is 5.56 Å². The number of aromatic nitrogens is 4. The molecule has 0 spiro atoms. The molecule has 0 saturated carbocycles. The van der Waals surface area contributed by atoms with Crippen LogP contribution in [0.25, 0.3) is 10.9 Å². The number of fused-ring (bicyclic) bond motifs is 2. The maximum absolute atomic E-state index is 12.7. The van der Waals surface area contributed by atoms with Crippen LogP contribution in [0.5, 0.6) is 0 Å². The van der Waals surface area contributed by atoms with E-state index in [0.717, 1.165) is 29.9 Å². The van der Waals surface area contributed by atoms with Crippen LogP contribution in [0.15, 0.2) is 41.7 Å². The quantitative estimate of drug-likeness (QED) is 0.744. The smallest absolute Gasteiger partial charge is 0.261 e. The van der Waals surface area contributed by atoms with Crippen molar-refractivity contribution in [2.45, 2.75) is 25.4 Å². The normalized spacial score (nSPS) is 21.0. The summed E-state index contributed by atoms with van der Waals surface area (Å²) in [5.41, 5.74) is 2.46. The van der Waals surface area contributed by atoms with E-state index in [1.54, 1.807) is 17.2 Å². The summed E-state index contributed by atoms with van der Waals surface area (Å²) in [6, 6.07) is 7.42. The molecule has 1 aliphatic heterocycles. The predicted octanol–water partition coefficient (Wildman–Crippen LogP) is 1.18. The second-order valence-corrected chi connectivity index (χ2v) is 5.93. The molecule has 0 bridgehead atoms. The molecule has 3 heterocycles. The first-order valence-corrected chi connectivity index (χ1v) is 7.39. The Morgan fingerprint density at radius 2 is 2.18 bits per heavy atom. The summed E-state index contributed by atoms with van der Waals surface area (Å²) in [5.74, 6) is 0. The van der Waals surface area contributed by atoms with Crippen molar-refractivity contribution < 1.29 is 0 Å². The van der Waals surface area contributed by atoms with E-state index in [1.165, 1.54) is 0 Å². The minimum Gasteiger partial charge on any atom is -0.348 e. The monoisotopic (exact) mass is 295 g/mol. The summed E-state index contributed by atoms with van der Waals surface area (Å²) < 4.78 is 1.67. The zero-order chi connectivity index (χ0) is 15.2. The third kappa shape index (κ3) is 1.95. The molecule has 0 amide bonds. The van der Waals surface area contributed by atoms with Crippen molar-refractivity contribution in [3.8, 4) is 0 Å². The Morgan fingerprint density at radius 1 is 1.32 bits per heavy atom. The zero-order valence-corrected chi connectivity index (χ0v) is 12.3. The van der Waals surface area contributed by atoms with Gasteiger partial charge in [-0.05, 0) is 19.1 Å². The lowest BCUT2D eigenvalue weighted by molar-refractivity contribution is 0.287. The number of para-hydroxylation sites is 1. The van der Waals surface area contributed by atoms with Gasteiger partial charge in [0.05, 0.1) is 41.3 Å². The molecule has 0 fully saturated rings. The van der Waals surface area contributed by atoms with Gasteiger partial charge in [0.2, 0.25) is 0 Å². The lowest BCUT2D eigenvalue weighted by Gasteiger charge is -2.34. The largest absolute Gasteiger partial charge is 0.348 e. The van der Waals surface area contributed by atoms with Crippen LogP contribution in [0.3, 0.4) is 0 Å². The fourth-order valence-corrected chi connectivity index (χ4v) is 3.22. The number of nitrogens with one attached hydrogen (secondary N) is 2. The highest BCUT2D eigenvalue weighted by molar-refractivity contribution is 5.76. The molecule has 6 nitrogen and oxygen atoms in total. The molecule has 0 saturated heterocycles. The number of hydrogen-bond donors (Lipinski definition) is 2. The molecule has 112 valence electrons. The van der Waals surface area contributed by atoms with Crippen LogP contribution in [-0.4, -0.2) is 26.1 Å². The van der Waals surface area contributed by atoms with E-state index in [1.807, 2.05) is 24.3 Å². The van der Waals surface area contributed by atoms with Gasteiger partial charge < -0.3 is 10.3 Å². The van der Waals surface area contributed by atoms with Crippen LogP contribution in [0.4, 0.5) is 0 Å². The van der Waals surface area contributed by atoms with Crippen molar-refractivity contribution in [3.63, 3.8) is 0 Å². The molecule has 0 radical (unpaired) electrons. The van der Waals surface area contributed by atoms with Crippen LogP contribution < -0.4 is 10.9 Å². The Morgan fingerprint density at radius 3 is 3.09 bits per heavy atom. The molecule has 1 aromatic carbocycles. The second kappa shape index (κ2) is 4.78. The summed E-state index contributed by atoms with van der Waals surface area (Å²) in [7, 11) is 0. The van der Waals surface area contributed by atoms with E-state index in [-0.39, 0.29) is 11.1 Å². The molecule has 1 unspecified atom stereocenters. The fourth-order valence-electron chi connectivity index (χ4n) is 3.22. The van der Waals surface area contributed by atoms with E-state index < -0.39 is 0 Å². The first-order valence-electron chi connectivity index (χ1n) is 7.39. The van der Waals surface area contributed by atoms with Crippen molar-refractivity contribution in [2.24, 2.45) is 0 Å². The van der Waals surface area contributed by atoms with Gasteiger partial charge in [-0.1, -0.05) is 12.1 Å². The highest BCUT2D eigenvalue weighted by Gasteiger charge is 2.34. The standard InChI is InChI=1S/C16H17N5O/c1-16(14-13(6-7-20-16)17-9-18-14)8-21-10-19-12-5-3-2-4-11(12)15(21)22/h2-5,9-10,20H,6-8H2,1H3,(H,17,18). The van der Waals surface area contributed by atoms with Crippen LogP contribution >= 0.6 is 0 Å². The van der Waals surface area contributed by atoms with Crippen molar-refractivity contribution in [1.82, 2.24) is 24.8 Å². The van der Waals surface area contributed by atoms with Crippen LogP contribution in [0, 0.1) is 0 Å². The van der Waals surface area contributed by atoms with Crippen molar-refractivity contribution in [3.05, 3.63) is 58.7 Å². The lowest BCUT2D eigenvalue weighted by atomic mass is 9.91. The van der Waals surface area contributed by atoms with Crippen LogP contribution in [-0.2, 0) is 18.5 Å². The van der Waals surface area contributed by atoms with Crippen LogP contribution in [0.2, 0.25) is 0 Å². The van der Waals surface area contributed by atoms with E-state index in [0.29, 0.717) is 11.9 Å². The summed E-state index contributed by atoms with van der Waals surface area (Å²) in [5, 5.41) is 4.14. The third-order valence-corrected chi connectivity index (χ3v) is 4.35. The van der Waals surface area contributed by atoms with Crippen molar-refractivity contribution in [1.29, 1.82) is 0 Å². The molecule has 4 rings (SSSR count). The van der Waals surface area contributed by atoms with Gasteiger partial charge in [-0.2, -0.15) is 0 Å². The number of benzene rings is 1. The lowest BCUT2D eigenvalue weighted by Crippen LogP contribution is -2.49. The van der Waals surface area contributed by atoms with Crippen molar-refractivity contribution in [2.75, 3.05) is 6.54 Å². The summed E-state index contributed by atoms with van der Waals surface area (Å²) in [6.45, 7) is 3.44. The fraction of sp³-hybridized carbons (Fsp3) is 0.312. The topological polar surface area (TPSA) is 75.6 Å². The van der Waals surface area contributed by atoms with Gasteiger partial charge in [0.15, 0.2) is 0 Å². The van der Waals surface area contributed by atoms with E-state index in [9.17, 15) is 4.79 Å². The molecule has 0 aliphatic carbocycles. The molecule has 1 atom stereocenters. The number of imidazole rings is 1. The maximum atomic E-state index is 12.7. The SMILES string of the molecule is CC1(Cn2cnc3ccccc3c2=O)NCCc2[nH]cnc21. The number of hydrogen-bond acceptors (Lipinski definition) is 4. The Bertz CT molecular complexity index is 897. The molecule has 22 heavy (non-hydrogen) atoms. The van der Waals surface area contributed by atoms with Crippen molar-refractivity contribution >= 4 is 10.9 Å². The molecule has 2 aromatic heterocycles. The minimum absolute atomic E-state index is 0.0173. The highest BCUT2D eigenvalue weighted by Crippen LogP contribution is 2.27. The Hall–Kier alpha value is -2.47. The van der Waals surface area contributed by atoms with E-state index >= 15 is 0 Å². The van der Waals surface area contributed by atoms with Gasteiger partial charge in [-0.3, -0.25) is 9.36 Å². The average molecular weight is 295 g/mol. The number of rotatable bonds is 2. The molecule has 3 aromatic rings. The minimum atomic E-state index is -0.373. The Labute approximate surface area is 127 Å². The molecule has 6 heteroatoms. The second-order valence-electron chi connectivity index (χ2n) is 5.93. The van der Waals surface area contributed by atoms with Crippen LogP contribution in [0.1, 0.15) is 18.3 Å². The third-order valence-electron chi connectivity index (χ3n) is 4.35. The Kier molecular flexibility index (Phi) is 2.87. The first kappa shape index (κ1) is 13.2. The van der Waals surface area contributed by atoms with Gasteiger partial charge in [-0.25, -0.2) is 9.97 Å². The summed E-state index contributed by atoms with van der Waals surface area (Å²) in [6.07, 6.45) is 4.27. The molecule has 1 aliphatic rings. The van der Waals surface area contributed by atoms with Gasteiger partial charge >= 0.3 is 0 Å². The predicted molar refractivity (Wildman–Crippen MR) is 83.6 cm³/mol. The van der Waals surface area contributed by atoms with E-state index in [2.05, 4.69) is 27.2 Å². The summed E-state index contributed by atoms with van der Waals surface area (Å²) in [4.78, 5) is 24.7. The van der Waals surface area contributed by atoms with Gasteiger partial charge in [-0.15, -0.1) is 0 Å². The summed E-state index contributed by atoms with van der Waals surface area (Å²) >= 11 is 0. The molecular formula is C16H17N5O. The molecular weight excluding hydrogens is 278 g/mol. The van der Waals surface area contributed by atoms with E-state index in [4.69, 9.17) is 0 Å². The zero-order valence-electron chi connectivity index (χ0n) is 12.3. The average Bonchev–Trinajstić information content (AvgIpc) is 3.01. The first-order chi connectivity index (χ1) is 10.7. The number of H-pyrrole nitrogens is 1. The van der Waals surface area contributed by atoms with Gasteiger partial charge in [0.1, 0.15) is 0 Å².